The molecule has 4 rings (SSSR count). The minimum atomic E-state index is -0.0435. The first-order chi connectivity index (χ1) is 14.1. The lowest BCUT2D eigenvalue weighted by Gasteiger charge is -2.29. The Kier molecular flexibility index (Phi) is 6.13. The standard InChI is InChI=1S/C22H22ClN3O2S/c1-25(15-16-6-8-17(9-7-16)26-10-12-28-13-11-26)22(27)20-14-24-21(29-20)18-4-2-3-5-19(18)23/h2-9,14H,10-13,15H2,1H3. The van der Waals surface area contributed by atoms with E-state index in [9.17, 15) is 4.79 Å². The summed E-state index contributed by atoms with van der Waals surface area (Å²) in [6, 6.07) is 15.9. The fourth-order valence-electron chi connectivity index (χ4n) is 3.30. The smallest absolute Gasteiger partial charge is 0.265 e. The highest BCUT2D eigenvalue weighted by atomic mass is 35.5. The van der Waals surface area contributed by atoms with Crippen molar-refractivity contribution >= 4 is 34.5 Å². The van der Waals surface area contributed by atoms with Crippen molar-refractivity contribution in [1.82, 2.24) is 9.88 Å². The summed E-state index contributed by atoms with van der Waals surface area (Å²) in [6.45, 7) is 3.91. The van der Waals surface area contributed by atoms with E-state index in [4.69, 9.17) is 16.3 Å². The molecule has 1 aliphatic rings. The Morgan fingerprint density at radius 3 is 2.62 bits per heavy atom. The Morgan fingerprint density at radius 1 is 1.17 bits per heavy atom. The van der Waals surface area contributed by atoms with Crippen molar-refractivity contribution in [3.05, 3.63) is 70.2 Å². The van der Waals surface area contributed by atoms with Gasteiger partial charge in [0.25, 0.3) is 5.91 Å². The Hall–Kier alpha value is -2.41. The summed E-state index contributed by atoms with van der Waals surface area (Å²) < 4.78 is 5.41. The molecular weight excluding hydrogens is 406 g/mol. The molecule has 0 atom stereocenters. The molecule has 0 radical (unpaired) electrons. The second-order valence-corrected chi connectivity index (χ2v) is 8.37. The minimum absolute atomic E-state index is 0.0435. The molecule has 1 aliphatic heterocycles. The molecule has 3 aromatic rings. The molecule has 1 amide bonds. The predicted molar refractivity (Wildman–Crippen MR) is 118 cm³/mol. The van der Waals surface area contributed by atoms with Gasteiger partial charge in [0, 0.05) is 37.9 Å². The summed E-state index contributed by atoms with van der Waals surface area (Å²) in [5, 5.41) is 1.39. The van der Waals surface area contributed by atoms with Gasteiger partial charge >= 0.3 is 0 Å². The van der Waals surface area contributed by atoms with E-state index in [0.29, 0.717) is 16.4 Å². The molecule has 0 spiro atoms. The van der Waals surface area contributed by atoms with Crippen molar-refractivity contribution in [2.24, 2.45) is 0 Å². The molecule has 0 bridgehead atoms. The number of hydrogen-bond acceptors (Lipinski definition) is 5. The number of ether oxygens (including phenoxy) is 1. The number of benzene rings is 2. The summed E-state index contributed by atoms with van der Waals surface area (Å²) in [7, 11) is 1.81. The van der Waals surface area contributed by atoms with Gasteiger partial charge in [0.15, 0.2) is 0 Å². The number of carbonyl (C=O) groups excluding carboxylic acids is 1. The van der Waals surface area contributed by atoms with Gasteiger partial charge in [0.1, 0.15) is 9.88 Å². The molecule has 0 N–H and O–H groups in total. The van der Waals surface area contributed by atoms with Crippen LogP contribution < -0.4 is 4.90 Å². The van der Waals surface area contributed by atoms with Crippen LogP contribution in [0.15, 0.2) is 54.7 Å². The van der Waals surface area contributed by atoms with Crippen LogP contribution in [0.1, 0.15) is 15.2 Å². The lowest BCUT2D eigenvalue weighted by Crippen LogP contribution is -2.36. The van der Waals surface area contributed by atoms with E-state index >= 15 is 0 Å². The lowest BCUT2D eigenvalue weighted by atomic mass is 10.1. The minimum Gasteiger partial charge on any atom is -0.378 e. The van der Waals surface area contributed by atoms with Crippen molar-refractivity contribution in [3.8, 4) is 10.6 Å². The van der Waals surface area contributed by atoms with Gasteiger partial charge in [-0.1, -0.05) is 41.9 Å². The number of aromatic nitrogens is 1. The molecule has 1 aromatic heterocycles. The molecule has 5 nitrogen and oxygen atoms in total. The van der Waals surface area contributed by atoms with Crippen LogP contribution >= 0.6 is 22.9 Å². The first-order valence-corrected chi connectivity index (χ1v) is 10.7. The summed E-state index contributed by atoms with van der Waals surface area (Å²) in [4.78, 5) is 21.9. The highest BCUT2D eigenvalue weighted by Crippen LogP contribution is 2.31. The van der Waals surface area contributed by atoms with E-state index in [2.05, 4.69) is 34.1 Å². The average molecular weight is 428 g/mol. The SMILES string of the molecule is CN(Cc1ccc(N2CCOCC2)cc1)C(=O)c1cnc(-c2ccccc2Cl)s1. The Bertz CT molecular complexity index is 984. The molecule has 0 unspecified atom stereocenters. The van der Waals surface area contributed by atoms with Gasteiger partial charge < -0.3 is 14.5 Å². The Balaban J connectivity index is 1.41. The van der Waals surface area contributed by atoms with Crippen LogP contribution in [-0.4, -0.2) is 49.1 Å². The number of morpholine rings is 1. The van der Waals surface area contributed by atoms with Crippen molar-refractivity contribution in [2.75, 3.05) is 38.3 Å². The quantitative estimate of drug-likeness (QED) is 0.598. The number of carbonyl (C=O) groups is 1. The third kappa shape index (κ3) is 4.61. The normalized spacial score (nSPS) is 14.1. The van der Waals surface area contributed by atoms with Crippen LogP contribution in [0.2, 0.25) is 5.02 Å². The first kappa shape index (κ1) is 19.9. The number of nitrogens with zero attached hydrogens (tertiary/aromatic N) is 3. The number of halogens is 1. The summed E-state index contributed by atoms with van der Waals surface area (Å²) in [5.74, 6) is -0.0435. The van der Waals surface area contributed by atoms with Crippen molar-refractivity contribution in [1.29, 1.82) is 0 Å². The number of rotatable bonds is 5. The second kappa shape index (κ2) is 8.95. The van der Waals surface area contributed by atoms with Gasteiger partial charge in [-0.3, -0.25) is 4.79 Å². The zero-order valence-corrected chi connectivity index (χ0v) is 17.7. The maximum Gasteiger partial charge on any atom is 0.265 e. The van der Waals surface area contributed by atoms with Crippen LogP contribution in [0.25, 0.3) is 10.6 Å². The van der Waals surface area contributed by atoms with Gasteiger partial charge in [-0.2, -0.15) is 0 Å². The molecule has 150 valence electrons. The van der Waals surface area contributed by atoms with Gasteiger partial charge in [-0.05, 0) is 23.8 Å². The molecule has 2 heterocycles. The average Bonchev–Trinajstić information content (AvgIpc) is 3.24. The lowest BCUT2D eigenvalue weighted by molar-refractivity contribution is 0.0789. The topological polar surface area (TPSA) is 45.7 Å². The van der Waals surface area contributed by atoms with E-state index in [1.807, 2.05) is 31.3 Å². The highest BCUT2D eigenvalue weighted by molar-refractivity contribution is 7.17. The van der Waals surface area contributed by atoms with Crippen LogP contribution in [0.3, 0.4) is 0 Å². The fourth-order valence-corrected chi connectivity index (χ4v) is 4.53. The van der Waals surface area contributed by atoms with E-state index in [1.54, 1.807) is 11.1 Å². The van der Waals surface area contributed by atoms with E-state index in [1.165, 1.54) is 17.0 Å². The molecule has 7 heteroatoms. The molecule has 2 aromatic carbocycles. The van der Waals surface area contributed by atoms with Gasteiger partial charge in [-0.15, -0.1) is 11.3 Å². The maximum atomic E-state index is 12.8. The van der Waals surface area contributed by atoms with Crippen LogP contribution in [0.4, 0.5) is 5.69 Å². The van der Waals surface area contributed by atoms with Gasteiger partial charge in [0.2, 0.25) is 0 Å². The molecule has 0 saturated carbocycles. The third-order valence-corrected chi connectivity index (χ3v) is 6.25. The number of thiazole rings is 1. The summed E-state index contributed by atoms with van der Waals surface area (Å²) >= 11 is 7.61. The van der Waals surface area contributed by atoms with E-state index in [-0.39, 0.29) is 5.91 Å². The monoisotopic (exact) mass is 427 g/mol. The van der Waals surface area contributed by atoms with Crippen molar-refractivity contribution in [3.63, 3.8) is 0 Å². The number of amides is 1. The largest absolute Gasteiger partial charge is 0.378 e. The van der Waals surface area contributed by atoms with Gasteiger partial charge in [0.05, 0.1) is 24.4 Å². The number of anilines is 1. The van der Waals surface area contributed by atoms with Crippen molar-refractivity contribution in [2.45, 2.75) is 6.54 Å². The zero-order valence-electron chi connectivity index (χ0n) is 16.2. The molecule has 1 saturated heterocycles. The van der Waals surface area contributed by atoms with Crippen LogP contribution in [0, 0.1) is 0 Å². The van der Waals surface area contributed by atoms with Crippen molar-refractivity contribution < 1.29 is 9.53 Å². The maximum absolute atomic E-state index is 12.8. The Morgan fingerprint density at radius 2 is 1.90 bits per heavy atom. The van der Waals surface area contributed by atoms with Crippen LogP contribution in [0.5, 0.6) is 0 Å². The Labute approximate surface area is 179 Å². The first-order valence-electron chi connectivity index (χ1n) is 9.49. The molecule has 0 aliphatic carbocycles. The molecule has 1 fully saturated rings. The second-order valence-electron chi connectivity index (χ2n) is 6.94. The molecular formula is C22H22ClN3O2S. The zero-order chi connectivity index (χ0) is 20.2. The third-order valence-electron chi connectivity index (χ3n) is 4.90. The van der Waals surface area contributed by atoms with E-state index in [0.717, 1.165) is 42.4 Å². The number of hydrogen-bond donors (Lipinski definition) is 0. The van der Waals surface area contributed by atoms with Crippen LogP contribution in [-0.2, 0) is 11.3 Å². The summed E-state index contributed by atoms with van der Waals surface area (Å²) in [5.41, 5.74) is 3.13. The predicted octanol–water partition coefficient (Wildman–Crippen LogP) is 4.57. The highest BCUT2D eigenvalue weighted by Gasteiger charge is 2.17. The summed E-state index contributed by atoms with van der Waals surface area (Å²) in [6.07, 6.45) is 1.63. The molecule has 29 heavy (non-hydrogen) atoms. The fraction of sp³-hybridized carbons (Fsp3) is 0.273. The van der Waals surface area contributed by atoms with Gasteiger partial charge in [-0.25, -0.2) is 4.98 Å². The van der Waals surface area contributed by atoms with E-state index < -0.39 is 0 Å².